The van der Waals surface area contributed by atoms with Gasteiger partial charge in [0, 0.05) is 27.3 Å². The number of benzene rings is 1. The van der Waals surface area contributed by atoms with Crippen LogP contribution in [-0.2, 0) is 9.05 Å². The molecule has 0 saturated carbocycles. The van der Waals surface area contributed by atoms with Crippen LogP contribution in [0.4, 0.5) is 0 Å². The molecule has 0 aliphatic carbocycles. The zero-order valence-corrected chi connectivity index (χ0v) is 14.7. The summed E-state index contributed by atoms with van der Waals surface area (Å²) < 4.78 is 22.8. The summed E-state index contributed by atoms with van der Waals surface area (Å²) in [6, 6.07) is 2.47. The lowest BCUT2D eigenvalue weighted by atomic mass is 10.00. The van der Waals surface area contributed by atoms with Crippen LogP contribution in [0.3, 0.4) is 0 Å². The van der Waals surface area contributed by atoms with Crippen molar-refractivity contribution in [2.75, 3.05) is 0 Å². The number of halogens is 2. The van der Waals surface area contributed by atoms with Gasteiger partial charge in [0.2, 0.25) is 0 Å². The molecule has 0 radical (unpaired) electrons. The largest absolute Gasteiger partial charge is 0.349 e. The molecule has 1 aromatic rings. The maximum atomic E-state index is 12.3. The molecular weight excluding hydrogens is 333 g/mol. The Morgan fingerprint density at radius 1 is 1.33 bits per heavy atom. The van der Waals surface area contributed by atoms with Crippen LogP contribution >= 0.6 is 22.3 Å². The first kappa shape index (κ1) is 18.3. The lowest BCUT2D eigenvalue weighted by Gasteiger charge is -2.20. The summed E-state index contributed by atoms with van der Waals surface area (Å²) in [6.45, 7) is 7.64. The molecule has 118 valence electrons. The van der Waals surface area contributed by atoms with Gasteiger partial charge in [-0.3, -0.25) is 4.79 Å². The van der Waals surface area contributed by atoms with Gasteiger partial charge in [0.25, 0.3) is 15.0 Å². The Labute approximate surface area is 135 Å². The van der Waals surface area contributed by atoms with Gasteiger partial charge in [-0.2, -0.15) is 0 Å². The maximum absolute atomic E-state index is 12.3. The second-order valence-electron chi connectivity index (χ2n) is 5.16. The van der Waals surface area contributed by atoms with Gasteiger partial charge in [-0.25, -0.2) is 8.42 Å². The summed E-state index contributed by atoms with van der Waals surface area (Å²) in [7, 11) is 1.38. The lowest BCUT2D eigenvalue weighted by molar-refractivity contribution is 0.0927. The summed E-state index contributed by atoms with van der Waals surface area (Å²) >= 11 is 5.99. The highest BCUT2D eigenvalue weighted by Crippen LogP contribution is 2.26. The van der Waals surface area contributed by atoms with Crippen LogP contribution in [0.2, 0.25) is 5.02 Å². The van der Waals surface area contributed by atoms with Crippen molar-refractivity contribution < 1.29 is 13.2 Å². The average Bonchev–Trinajstić information content (AvgIpc) is 2.39. The molecule has 0 bridgehead atoms. The molecule has 0 fully saturated rings. The Kier molecular flexibility index (Phi) is 6.08. The van der Waals surface area contributed by atoms with Gasteiger partial charge in [-0.05, 0) is 37.5 Å². The van der Waals surface area contributed by atoms with Gasteiger partial charge in [0.15, 0.2) is 0 Å². The van der Waals surface area contributed by atoms with Gasteiger partial charge in [-0.1, -0.05) is 31.9 Å². The smallest absolute Gasteiger partial charge is 0.261 e. The van der Waals surface area contributed by atoms with Crippen molar-refractivity contribution in [2.24, 2.45) is 5.92 Å². The molecule has 1 aromatic carbocycles. The second kappa shape index (κ2) is 6.99. The highest BCUT2D eigenvalue weighted by atomic mass is 35.7. The number of hydrogen-bond acceptors (Lipinski definition) is 3. The van der Waals surface area contributed by atoms with Crippen LogP contribution in [-0.4, -0.2) is 20.4 Å². The number of carbonyl (C=O) groups excluding carboxylic acids is 1. The molecule has 0 aliphatic rings. The molecule has 0 spiro atoms. The zero-order chi connectivity index (χ0) is 16.4. The molecule has 21 heavy (non-hydrogen) atoms. The minimum Gasteiger partial charge on any atom is -0.349 e. The monoisotopic (exact) mass is 351 g/mol. The first-order chi connectivity index (χ1) is 9.57. The van der Waals surface area contributed by atoms with Gasteiger partial charge in [0.05, 0.1) is 4.90 Å². The first-order valence-electron chi connectivity index (χ1n) is 6.63. The van der Waals surface area contributed by atoms with Crippen molar-refractivity contribution in [1.82, 2.24) is 5.32 Å². The fourth-order valence-electron chi connectivity index (χ4n) is 1.81. The van der Waals surface area contributed by atoms with E-state index < -0.39 is 9.05 Å². The summed E-state index contributed by atoms with van der Waals surface area (Å²) in [5.41, 5.74) is 0.742. The molecule has 0 heterocycles. The van der Waals surface area contributed by atoms with E-state index in [0.717, 1.165) is 6.42 Å². The molecule has 1 N–H and O–H groups in total. The molecular formula is C14H19Cl2NO3S. The van der Waals surface area contributed by atoms with Crippen LogP contribution in [0.1, 0.15) is 43.1 Å². The van der Waals surface area contributed by atoms with E-state index in [9.17, 15) is 13.2 Å². The third-order valence-corrected chi connectivity index (χ3v) is 5.43. The minimum atomic E-state index is -3.94. The Morgan fingerprint density at radius 3 is 2.38 bits per heavy atom. The topological polar surface area (TPSA) is 63.2 Å². The van der Waals surface area contributed by atoms with Crippen molar-refractivity contribution in [2.45, 2.75) is 45.1 Å². The number of hydrogen-bond donors (Lipinski definition) is 1. The zero-order valence-electron chi connectivity index (χ0n) is 12.4. The molecule has 0 aromatic heterocycles. The predicted octanol–water partition coefficient (Wildman–Crippen LogP) is 3.74. The van der Waals surface area contributed by atoms with E-state index in [0.29, 0.717) is 11.5 Å². The van der Waals surface area contributed by atoms with Crippen LogP contribution in [0.25, 0.3) is 0 Å². The highest BCUT2D eigenvalue weighted by Gasteiger charge is 2.21. The number of amides is 1. The number of nitrogens with one attached hydrogen (secondary N) is 1. The summed E-state index contributed by atoms with van der Waals surface area (Å²) in [4.78, 5) is 12.1. The van der Waals surface area contributed by atoms with E-state index in [2.05, 4.69) is 5.32 Å². The summed E-state index contributed by atoms with van der Waals surface area (Å²) in [5, 5.41) is 3.05. The third-order valence-electron chi connectivity index (χ3n) is 3.70. The molecule has 1 amide bonds. The van der Waals surface area contributed by atoms with E-state index in [1.165, 1.54) is 12.1 Å². The number of rotatable bonds is 5. The standard InChI is InChI=1S/C14H19Cl2NO3S/c1-5-8(2)10(4)17-14(18)12-6-11(21(16,19)20)7-13(15)9(12)3/h6-8,10H,5H2,1-4H3,(H,17,18). The van der Waals surface area contributed by atoms with E-state index >= 15 is 0 Å². The van der Waals surface area contributed by atoms with Crippen molar-refractivity contribution in [1.29, 1.82) is 0 Å². The average molecular weight is 352 g/mol. The Bertz CT molecular complexity index is 644. The van der Waals surface area contributed by atoms with Gasteiger partial charge >= 0.3 is 0 Å². The first-order valence-corrected chi connectivity index (χ1v) is 9.32. The van der Waals surface area contributed by atoms with E-state index in [1.807, 2.05) is 20.8 Å². The molecule has 0 saturated heterocycles. The fraction of sp³-hybridized carbons (Fsp3) is 0.500. The van der Waals surface area contributed by atoms with Crippen molar-refractivity contribution >= 4 is 37.2 Å². The SMILES string of the molecule is CCC(C)C(C)NC(=O)c1cc(S(=O)(=O)Cl)cc(Cl)c1C. The van der Waals surface area contributed by atoms with Crippen LogP contribution in [0, 0.1) is 12.8 Å². The lowest BCUT2D eigenvalue weighted by Crippen LogP contribution is -2.37. The van der Waals surface area contributed by atoms with E-state index in [1.54, 1.807) is 6.92 Å². The molecule has 4 nitrogen and oxygen atoms in total. The second-order valence-corrected chi connectivity index (χ2v) is 8.14. The molecule has 0 aliphatic heterocycles. The van der Waals surface area contributed by atoms with E-state index in [4.69, 9.17) is 22.3 Å². The van der Waals surface area contributed by atoms with Gasteiger partial charge in [-0.15, -0.1) is 0 Å². The quantitative estimate of drug-likeness (QED) is 0.821. The van der Waals surface area contributed by atoms with Gasteiger partial charge < -0.3 is 5.32 Å². The number of carbonyl (C=O) groups is 1. The fourth-order valence-corrected chi connectivity index (χ4v) is 2.88. The van der Waals surface area contributed by atoms with Gasteiger partial charge in [0.1, 0.15) is 0 Å². The molecule has 2 atom stereocenters. The van der Waals surface area contributed by atoms with Crippen LogP contribution in [0.5, 0.6) is 0 Å². The van der Waals surface area contributed by atoms with Crippen LogP contribution < -0.4 is 5.32 Å². The molecule has 7 heteroatoms. The van der Waals surface area contributed by atoms with E-state index in [-0.39, 0.29) is 27.4 Å². The highest BCUT2D eigenvalue weighted by molar-refractivity contribution is 8.13. The normalized spacial score (nSPS) is 14.6. The molecule has 1 rings (SSSR count). The van der Waals surface area contributed by atoms with Crippen molar-refractivity contribution in [3.8, 4) is 0 Å². The summed E-state index contributed by atoms with van der Waals surface area (Å²) in [5.74, 6) is -0.0472. The third kappa shape index (κ3) is 4.59. The minimum absolute atomic E-state index is 0.0306. The molecule has 2 unspecified atom stereocenters. The Hall–Kier alpha value is -0.780. The van der Waals surface area contributed by atoms with Crippen LogP contribution in [0.15, 0.2) is 17.0 Å². The van der Waals surface area contributed by atoms with Crippen molar-refractivity contribution in [3.05, 3.63) is 28.3 Å². The summed E-state index contributed by atoms with van der Waals surface area (Å²) in [6.07, 6.45) is 0.928. The van der Waals surface area contributed by atoms with Crippen molar-refractivity contribution in [3.63, 3.8) is 0 Å². The Morgan fingerprint density at radius 2 is 1.90 bits per heavy atom. The maximum Gasteiger partial charge on any atom is 0.261 e. The Balaban J connectivity index is 3.18. The predicted molar refractivity (Wildman–Crippen MR) is 85.6 cm³/mol.